The maximum atomic E-state index is 12.5. The number of amides is 1. The number of piperidine rings is 1. The summed E-state index contributed by atoms with van der Waals surface area (Å²) < 4.78 is 0. The minimum absolute atomic E-state index is 0.278. The molecule has 1 fully saturated rings. The van der Waals surface area contributed by atoms with Crippen LogP contribution >= 0.6 is 23.4 Å². The monoisotopic (exact) mass is 340 g/mol. The van der Waals surface area contributed by atoms with Crippen LogP contribution in [-0.4, -0.2) is 42.2 Å². The quantitative estimate of drug-likeness (QED) is 0.823. The van der Waals surface area contributed by atoms with Gasteiger partial charge in [-0.3, -0.25) is 4.79 Å². The highest BCUT2D eigenvalue weighted by Gasteiger charge is 2.24. The fourth-order valence-corrected chi connectivity index (χ4v) is 3.91. The van der Waals surface area contributed by atoms with Crippen molar-refractivity contribution < 1.29 is 4.79 Å². The molecular weight excluding hydrogens is 316 g/mol. The Morgan fingerprint density at radius 1 is 1.41 bits per heavy atom. The third-order valence-corrected chi connectivity index (χ3v) is 5.14. The van der Waals surface area contributed by atoms with Gasteiger partial charge in [0.25, 0.3) is 0 Å². The molecule has 122 valence electrons. The lowest BCUT2D eigenvalue weighted by atomic mass is 10.0. The molecule has 1 heterocycles. The molecule has 1 aliphatic rings. The van der Waals surface area contributed by atoms with Crippen LogP contribution < -0.4 is 5.32 Å². The fraction of sp³-hybridized carbons (Fsp3) is 0.588. The van der Waals surface area contributed by atoms with Crippen LogP contribution in [0.25, 0.3) is 0 Å². The molecule has 1 aliphatic heterocycles. The van der Waals surface area contributed by atoms with Crippen LogP contribution in [0.4, 0.5) is 0 Å². The zero-order valence-corrected chi connectivity index (χ0v) is 14.8. The fourth-order valence-electron chi connectivity index (χ4n) is 2.84. The number of benzene rings is 1. The molecule has 5 heteroatoms. The van der Waals surface area contributed by atoms with E-state index in [1.807, 2.05) is 18.2 Å². The van der Waals surface area contributed by atoms with E-state index >= 15 is 0 Å². The molecule has 0 spiro atoms. The molecule has 0 radical (unpaired) electrons. The van der Waals surface area contributed by atoms with Crippen LogP contribution in [0.1, 0.15) is 31.7 Å². The smallest absolute Gasteiger partial charge is 0.232 e. The number of halogens is 1. The number of carbonyl (C=O) groups excluding carboxylic acids is 1. The van der Waals surface area contributed by atoms with E-state index in [-0.39, 0.29) is 5.91 Å². The molecule has 0 bridgehead atoms. The Labute approximate surface area is 142 Å². The summed E-state index contributed by atoms with van der Waals surface area (Å²) in [5.74, 6) is 1.66. The summed E-state index contributed by atoms with van der Waals surface area (Å²) in [6, 6.07) is 8.27. The van der Waals surface area contributed by atoms with Crippen molar-refractivity contribution in [3.05, 3.63) is 34.9 Å². The van der Waals surface area contributed by atoms with Crippen molar-refractivity contribution in [2.24, 2.45) is 0 Å². The van der Waals surface area contributed by atoms with Gasteiger partial charge in [0.2, 0.25) is 5.91 Å². The minimum atomic E-state index is 0.278. The van der Waals surface area contributed by atoms with Crippen LogP contribution in [0.3, 0.4) is 0 Å². The highest BCUT2D eigenvalue weighted by atomic mass is 35.5. The molecule has 0 aliphatic carbocycles. The first-order chi connectivity index (χ1) is 10.7. The van der Waals surface area contributed by atoms with Gasteiger partial charge in [0, 0.05) is 23.4 Å². The molecule has 22 heavy (non-hydrogen) atoms. The maximum Gasteiger partial charge on any atom is 0.232 e. The second-order valence-corrected chi connectivity index (χ2v) is 7.11. The van der Waals surface area contributed by atoms with Crippen LogP contribution in [-0.2, 0) is 10.5 Å². The third kappa shape index (κ3) is 5.49. The van der Waals surface area contributed by atoms with Crippen molar-refractivity contribution in [2.45, 2.75) is 38.0 Å². The number of nitrogens with zero attached hydrogens (tertiary/aromatic N) is 1. The van der Waals surface area contributed by atoms with E-state index in [1.54, 1.807) is 11.8 Å². The van der Waals surface area contributed by atoms with Crippen molar-refractivity contribution in [3.63, 3.8) is 0 Å². The number of nitrogens with one attached hydrogen (secondary N) is 1. The van der Waals surface area contributed by atoms with Crippen molar-refractivity contribution >= 4 is 29.3 Å². The number of hydrogen-bond acceptors (Lipinski definition) is 3. The average molecular weight is 341 g/mol. The third-order valence-electron chi connectivity index (χ3n) is 3.92. The normalized spacial score (nSPS) is 15.7. The van der Waals surface area contributed by atoms with Crippen molar-refractivity contribution in [1.82, 2.24) is 10.2 Å². The average Bonchev–Trinajstić information content (AvgIpc) is 2.53. The lowest BCUT2D eigenvalue weighted by molar-refractivity contribution is -0.131. The topological polar surface area (TPSA) is 32.3 Å². The molecule has 1 amide bonds. The summed E-state index contributed by atoms with van der Waals surface area (Å²) in [6.07, 6.45) is 3.17. The van der Waals surface area contributed by atoms with E-state index in [2.05, 4.69) is 23.2 Å². The Bertz CT molecular complexity index is 477. The van der Waals surface area contributed by atoms with Gasteiger partial charge in [-0.05, 0) is 50.0 Å². The summed E-state index contributed by atoms with van der Waals surface area (Å²) >= 11 is 7.67. The molecule has 3 nitrogen and oxygen atoms in total. The van der Waals surface area contributed by atoms with Crippen molar-refractivity contribution in [3.8, 4) is 0 Å². The van der Waals surface area contributed by atoms with Gasteiger partial charge in [0.05, 0.1) is 5.75 Å². The predicted octanol–water partition coefficient (Wildman–Crippen LogP) is 3.56. The van der Waals surface area contributed by atoms with Gasteiger partial charge in [-0.25, -0.2) is 0 Å². The van der Waals surface area contributed by atoms with Gasteiger partial charge in [-0.15, -0.1) is 11.8 Å². The molecule has 1 N–H and O–H groups in total. The Morgan fingerprint density at radius 3 is 2.86 bits per heavy atom. The minimum Gasteiger partial charge on any atom is -0.339 e. The zero-order valence-electron chi connectivity index (χ0n) is 13.2. The lowest BCUT2D eigenvalue weighted by Crippen LogP contribution is -2.47. The van der Waals surface area contributed by atoms with Gasteiger partial charge >= 0.3 is 0 Å². The van der Waals surface area contributed by atoms with Gasteiger partial charge in [-0.1, -0.05) is 30.7 Å². The zero-order chi connectivity index (χ0) is 15.8. The lowest BCUT2D eigenvalue weighted by Gasteiger charge is -2.34. The number of hydrogen-bond donors (Lipinski definition) is 1. The van der Waals surface area contributed by atoms with E-state index in [0.29, 0.717) is 11.8 Å². The van der Waals surface area contributed by atoms with Crippen LogP contribution in [0.15, 0.2) is 24.3 Å². The predicted molar refractivity (Wildman–Crippen MR) is 95.5 cm³/mol. The van der Waals surface area contributed by atoms with E-state index in [4.69, 9.17) is 11.6 Å². The van der Waals surface area contributed by atoms with Gasteiger partial charge in [-0.2, -0.15) is 0 Å². The molecule has 1 saturated heterocycles. The second-order valence-electron chi connectivity index (χ2n) is 5.69. The van der Waals surface area contributed by atoms with E-state index in [9.17, 15) is 4.79 Å². The first kappa shape index (κ1) is 17.6. The molecule has 0 unspecified atom stereocenters. The summed E-state index contributed by atoms with van der Waals surface area (Å²) in [6.45, 7) is 5.06. The molecule has 0 aromatic heterocycles. The molecule has 1 aromatic rings. The van der Waals surface area contributed by atoms with E-state index in [1.165, 1.54) is 5.56 Å². The molecule has 2 rings (SSSR count). The Balaban J connectivity index is 1.82. The van der Waals surface area contributed by atoms with Crippen molar-refractivity contribution in [2.75, 3.05) is 25.4 Å². The SMILES string of the molecule is CCCN(C(=O)CSCc1cccc(Cl)c1)C1CCNCC1. The highest BCUT2D eigenvalue weighted by molar-refractivity contribution is 7.99. The van der Waals surface area contributed by atoms with Gasteiger partial charge in [0.15, 0.2) is 0 Å². The maximum absolute atomic E-state index is 12.5. The van der Waals surface area contributed by atoms with Crippen LogP contribution in [0.5, 0.6) is 0 Å². The summed E-state index contributed by atoms with van der Waals surface area (Å²) in [7, 11) is 0. The van der Waals surface area contributed by atoms with Gasteiger partial charge < -0.3 is 10.2 Å². The van der Waals surface area contributed by atoms with Crippen LogP contribution in [0.2, 0.25) is 5.02 Å². The summed E-state index contributed by atoms with van der Waals surface area (Å²) in [4.78, 5) is 14.7. The first-order valence-corrected chi connectivity index (χ1v) is 9.56. The first-order valence-electron chi connectivity index (χ1n) is 8.03. The highest BCUT2D eigenvalue weighted by Crippen LogP contribution is 2.19. The molecule has 0 saturated carbocycles. The van der Waals surface area contributed by atoms with E-state index in [0.717, 1.165) is 49.7 Å². The number of carbonyl (C=O) groups is 1. The molecule has 0 atom stereocenters. The Hall–Kier alpha value is -0.710. The van der Waals surface area contributed by atoms with E-state index < -0.39 is 0 Å². The number of thioether (sulfide) groups is 1. The second kappa shape index (κ2) is 9.43. The van der Waals surface area contributed by atoms with Crippen LogP contribution in [0, 0.1) is 0 Å². The molecular formula is C17H25ClN2OS. The van der Waals surface area contributed by atoms with Crippen molar-refractivity contribution in [1.29, 1.82) is 0 Å². The molecule has 1 aromatic carbocycles. The largest absolute Gasteiger partial charge is 0.339 e. The Morgan fingerprint density at radius 2 is 2.18 bits per heavy atom. The summed E-state index contributed by atoms with van der Waals surface area (Å²) in [5.41, 5.74) is 1.18. The Kier molecular flexibility index (Phi) is 7.56. The standard InChI is InChI=1S/C17H25ClN2OS/c1-2-10-20(16-6-8-19-9-7-16)17(21)13-22-12-14-4-3-5-15(18)11-14/h3-5,11,16,19H,2,6-10,12-13H2,1H3. The number of rotatable bonds is 7. The van der Waals surface area contributed by atoms with Gasteiger partial charge in [0.1, 0.15) is 0 Å². The summed E-state index contributed by atoms with van der Waals surface area (Å²) in [5, 5.41) is 4.12.